The number of anilines is 1. The molecule has 0 fully saturated rings. The van der Waals surface area contributed by atoms with Crippen molar-refractivity contribution in [3.8, 4) is 11.6 Å². The van der Waals surface area contributed by atoms with Gasteiger partial charge in [0.1, 0.15) is 10.5 Å². The average molecular weight is 307 g/mol. The van der Waals surface area contributed by atoms with E-state index >= 15 is 0 Å². The molecule has 7 heteroatoms. The molecule has 0 bridgehead atoms. The van der Waals surface area contributed by atoms with Crippen LogP contribution in [0.4, 0.5) is 5.95 Å². The summed E-state index contributed by atoms with van der Waals surface area (Å²) in [6, 6.07) is 7.08. The molecule has 0 unspecified atom stereocenters. The molecular weight excluding hydrogens is 299 g/mol. The average Bonchev–Trinajstić information content (AvgIpc) is 2.46. The first-order valence-electron chi connectivity index (χ1n) is 5.64. The summed E-state index contributed by atoms with van der Waals surface area (Å²) in [5.41, 5.74) is 6.14. The smallest absolute Gasteiger partial charge is 0.243 e. The second-order valence-electron chi connectivity index (χ2n) is 3.93. The van der Waals surface area contributed by atoms with Crippen LogP contribution >= 0.6 is 23.2 Å². The Morgan fingerprint density at radius 3 is 2.75 bits per heavy atom. The molecular formula is C13H8Cl2N4O. The third-order valence-electron chi connectivity index (χ3n) is 2.62. The van der Waals surface area contributed by atoms with Gasteiger partial charge in [-0.3, -0.25) is 4.98 Å². The molecule has 0 aliphatic rings. The third-order valence-corrected chi connectivity index (χ3v) is 3.21. The van der Waals surface area contributed by atoms with Crippen LogP contribution < -0.4 is 10.5 Å². The second kappa shape index (κ2) is 5.11. The van der Waals surface area contributed by atoms with Gasteiger partial charge in [-0.15, -0.1) is 0 Å². The predicted molar refractivity (Wildman–Crippen MR) is 78.3 cm³/mol. The van der Waals surface area contributed by atoms with Gasteiger partial charge in [-0.2, -0.15) is 4.98 Å². The van der Waals surface area contributed by atoms with E-state index in [0.29, 0.717) is 16.3 Å². The van der Waals surface area contributed by atoms with Crippen molar-refractivity contribution in [2.75, 3.05) is 5.73 Å². The summed E-state index contributed by atoms with van der Waals surface area (Å²) in [6.07, 6.45) is 3.03. The third kappa shape index (κ3) is 2.33. The number of hydrogen-bond acceptors (Lipinski definition) is 5. The summed E-state index contributed by atoms with van der Waals surface area (Å²) in [6.45, 7) is 0. The van der Waals surface area contributed by atoms with Crippen LogP contribution in [0.15, 0.2) is 36.7 Å². The van der Waals surface area contributed by atoms with E-state index < -0.39 is 0 Å². The van der Waals surface area contributed by atoms with Crippen LogP contribution in [-0.4, -0.2) is 15.0 Å². The quantitative estimate of drug-likeness (QED) is 0.781. The molecule has 0 saturated heterocycles. The number of benzene rings is 1. The molecule has 3 rings (SSSR count). The number of aromatic nitrogens is 3. The van der Waals surface area contributed by atoms with Gasteiger partial charge in [0.05, 0.1) is 11.2 Å². The van der Waals surface area contributed by atoms with E-state index in [1.165, 1.54) is 6.20 Å². The summed E-state index contributed by atoms with van der Waals surface area (Å²) < 4.78 is 5.67. The van der Waals surface area contributed by atoms with E-state index in [9.17, 15) is 0 Å². The van der Waals surface area contributed by atoms with E-state index in [4.69, 9.17) is 33.7 Å². The first-order chi connectivity index (χ1) is 9.65. The number of ether oxygens (including phenoxy) is 1. The Morgan fingerprint density at radius 2 is 1.90 bits per heavy atom. The van der Waals surface area contributed by atoms with Crippen LogP contribution in [0, 0.1) is 0 Å². The number of nitrogen functional groups attached to an aromatic ring is 1. The molecule has 0 aliphatic carbocycles. The number of nitrogens with zero attached hydrogens (tertiary/aromatic N) is 3. The first kappa shape index (κ1) is 12.9. The van der Waals surface area contributed by atoms with Crippen LogP contribution in [0.1, 0.15) is 0 Å². The van der Waals surface area contributed by atoms with Crippen molar-refractivity contribution < 1.29 is 4.74 Å². The van der Waals surface area contributed by atoms with E-state index in [0.717, 1.165) is 5.39 Å². The van der Waals surface area contributed by atoms with E-state index in [1.54, 1.807) is 24.4 Å². The number of rotatable bonds is 2. The summed E-state index contributed by atoms with van der Waals surface area (Å²) >= 11 is 12.1. The summed E-state index contributed by atoms with van der Waals surface area (Å²) in [4.78, 5) is 12.0. The number of hydrogen-bond donors (Lipinski definition) is 1. The number of nitrogens with two attached hydrogens (primary N) is 1. The lowest BCUT2D eigenvalue weighted by atomic mass is 10.2. The van der Waals surface area contributed by atoms with Gasteiger partial charge in [0.15, 0.2) is 5.75 Å². The van der Waals surface area contributed by atoms with Crippen LogP contribution in [0.5, 0.6) is 11.6 Å². The SMILES string of the molecule is Nc1ncc(Cl)c(Oc2ccc(Cl)c3cccnc23)n1. The second-order valence-corrected chi connectivity index (χ2v) is 4.74. The van der Waals surface area contributed by atoms with Gasteiger partial charge in [0, 0.05) is 11.6 Å². The fourth-order valence-corrected chi connectivity index (χ4v) is 2.08. The molecule has 0 amide bonds. The molecule has 2 N–H and O–H groups in total. The molecule has 3 aromatic rings. The summed E-state index contributed by atoms with van der Waals surface area (Å²) in [7, 11) is 0. The lowest BCUT2D eigenvalue weighted by Gasteiger charge is -2.09. The van der Waals surface area contributed by atoms with Gasteiger partial charge in [0.2, 0.25) is 11.8 Å². The molecule has 2 heterocycles. The van der Waals surface area contributed by atoms with Gasteiger partial charge in [-0.1, -0.05) is 23.2 Å². The van der Waals surface area contributed by atoms with Crippen molar-refractivity contribution in [3.05, 3.63) is 46.7 Å². The van der Waals surface area contributed by atoms with E-state index in [-0.39, 0.29) is 16.9 Å². The summed E-state index contributed by atoms with van der Waals surface area (Å²) in [5.74, 6) is 0.745. The van der Waals surface area contributed by atoms with Gasteiger partial charge >= 0.3 is 0 Å². The lowest BCUT2D eigenvalue weighted by Crippen LogP contribution is -1.98. The zero-order valence-corrected chi connectivity index (χ0v) is 11.6. The number of halogens is 2. The van der Waals surface area contributed by atoms with Gasteiger partial charge in [-0.05, 0) is 24.3 Å². The molecule has 100 valence electrons. The normalized spacial score (nSPS) is 10.7. The fraction of sp³-hybridized carbons (Fsp3) is 0. The topological polar surface area (TPSA) is 73.9 Å². The molecule has 0 spiro atoms. The van der Waals surface area contributed by atoms with E-state index in [2.05, 4.69) is 15.0 Å². The Morgan fingerprint density at radius 1 is 1.05 bits per heavy atom. The Bertz CT molecular complexity index is 794. The highest BCUT2D eigenvalue weighted by Crippen LogP contribution is 2.34. The maximum atomic E-state index is 6.12. The van der Waals surface area contributed by atoms with Crippen molar-refractivity contribution in [2.45, 2.75) is 0 Å². The van der Waals surface area contributed by atoms with Crippen LogP contribution in [0.3, 0.4) is 0 Å². The summed E-state index contributed by atoms with van der Waals surface area (Å²) in [5, 5.41) is 1.64. The molecule has 2 aromatic heterocycles. The van der Waals surface area contributed by atoms with Crippen LogP contribution in [0.2, 0.25) is 10.0 Å². The van der Waals surface area contributed by atoms with E-state index in [1.807, 2.05) is 6.07 Å². The van der Waals surface area contributed by atoms with Crippen LogP contribution in [-0.2, 0) is 0 Å². The van der Waals surface area contributed by atoms with Crippen molar-refractivity contribution in [3.63, 3.8) is 0 Å². The lowest BCUT2D eigenvalue weighted by molar-refractivity contribution is 0.467. The van der Waals surface area contributed by atoms with Crippen molar-refractivity contribution in [2.24, 2.45) is 0 Å². The van der Waals surface area contributed by atoms with Crippen molar-refractivity contribution in [1.29, 1.82) is 0 Å². The number of pyridine rings is 1. The Balaban J connectivity index is 2.11. The highest BCUT2D eigenvalue weighted by Gasteiger charge is 2.11. The predicted octanol–water partition coefficient (Wildman–Crippen LogP) is 3.71. The zero-order valence-electron chi connectivity index (χ0n) is 10.0. The van der Waals surface area contributed by atoms with Gasteiger partial charge < -0.3 is 10.5 Å². The van der Waals surface area contributed by atoms with Crippen molar-refractivity contribution in [1.82, 2.24) is 15.0 Å². The Labute approximate surface area is 124 Å². The monoisotopic (exact) mass is 306 g/mol. The molecule has 0 atom stereocenters. The van der Waals surface area contributed by atoms with Crippen LogP contribution in [0.25, 0.3) is 10.9 Å². The Hall–Kier alpha value is -2.11. The standard InChI is InChI=1S/C13H8Cl2N4O/c14-8-3-4-10(11-7(8)2-1-5-17-11)20-12-9(15)6-18-13(16)19-12/h1-6H,(H2,16,18,19). The maximum Gasteiger partial charge on any atom is 0.243 e. The first-order valence-corrected chi connectivity index (χ1v) is 6.40. The maximum absolute atomic E-state index is 6.12. The molecule has 0 aliphatic heterocycles. The highest BCUT2D eigenvalue weighted by molar-refractivity contribution is 6.35. The minimum Gasteiger partial charge on any atom is -0.435 e. The Kier molecular flexibility index (Phi) is 3.30. The largest absolute Gasteiger partial charge is 0.435 e. The minimum absolute atomic E-state index is 0.0793. The molecule has 1 aromatic carbocycles. The minimum atomic E-state index is 0.0793. The zero-order chi connectivity index (χ0) is 14.1. The molecule has 5 nitrogen and oxygen atoms in total. The molecule has 0 saturated carbocycles. The number of fused-ring (bicyclic) bond motifs is 1. The molecule has 0 radical (unpaired) electrons. The molecule has 20 heavy (non-hydrogen) atoms. The highest BCUT2D eigenvalue weighted by atomic mass is 35.5. The van der Waals surface area contributed by atoms with Crippen molar-refractivity contribution >= 4 is 40.1 Å². The van der Waals surface area contributed by atoms with Gasteiger partial charge in [0.25, 0.3) is 0 Å². The van der Waals surface area contributed by atoms with Gasteiger partial charge in [-0.25, -0.2) is 4.98 Å². The fourth-order valence-electron chi connectivity index (χ4n) is 1.73.